The number of hydrogen-bond donors (Lipinski definition) is 1. The second kappa shape index (κ2) is 14.2. The second-order valence-electron chi connectivity index (χ2n) is 12.5. The maximum Gasteiger partial charge on any atom is 0.145 e. The number of para-hydroxylation sites is 1. The van der Waals surface area contributed by atoms with E-state index in [0.717, 1.165) is 72.5 Å². The van der Waals surface area contributed by atoms with Crippen LogP contribution < -0.4 is 5.32 Å². The average Bonchev–Trinajstić information content (AvgIpc) is 3.58. The molecule has 5 heteroatoms. The van der Waals surface area contributed by atoms with Crippen LogP contribution in [0.15, 0.2) is 168 Å². The van der Waals surface area contributed by atoms with Crippen LogP contribution in [0.2, 0.25) is 0 Å². The number of pyridine rings is 2. The topological polar surface area (TPSA) is 51.0 Å². The fraction of sp³-hybridized carbons (Fsp3) is 0.0213. The number of nitrogens with zero attached hydrogens (tertiary/aromatic N) is 2. The van der Waals surface area contributed by atoms with Crippen LogP contribution >= 0.6 is 0 Å². The molecule has 0 spiro atoms. The molecule has 2 bridgehead atoms. The van der Waals surface area contributed by atoms with Crippen LogP contribution in [0.3, 0.4) is 0 Å². The van der Waals surface area contributed by atoms with E-state index in [1.807, 2.05) is 85.1 Å². The molecule has 52 heavy (non-hydrogen) atoms. The van der Waals surface area contributed by atoms with E-state index in [-0.39, 0.29) is 20.1 Å². The van der Waals surface area contributed by atoms with Crippen molar-refractivity contribution in [3.63, 3.8) is 0 Å². The summed E-state index contributed by atoms with van der Waals surface area (Å²) in [6.45, 7) is 2.22. The first-order valence-electron chi connectivity index (χ1n) is 17.0. The van der Waals surface area contributed by atoms with Gasteiger partial charge < -0.3 is 19.7 Å². The Morgan fingerprint density at radius 1 is 0.558 bits per heavy atom. The van der Waals surface area contributed by atoms with Gasteiger partial charge in [0.05, 0.1) is 0 Å². The second-order valence-corrected chi connectivity index (χ2v) is 12.5. The van der Waals surface area contributed by atoms with Crippen LogP contribution in [0.25, 0.3) is 77.8 Å². The predicted molar refractivity (Wildman–Crippen MR) is 209 cm³/mol. The normalized spacial score (nSPS) is 11.2. The zero-order valence-electron chi connectivity index (χ0n) is 28.2. The molecule has 0 fully saturated rings. The Labute approximate surface area is 316 Å². The number of rotatable bonds is 3. The molecule has 4 heterocycles. The van der Waals surface area contributed by atoms with Crippen molar-refractivity contribution in [1.29, 1.82) is 0 Å². The SMILES string of the molecule is Cc1c2cc(-c3ccccc3)cc1-c1c(ccc3c1oc1ccccc13)Nc1c[c-]c(-c3ccccn3)cc1-2.[Ir].[c-]1ccccc1-c1ccccn1. The van der Waals surface area contributed by atoms with Gasteiger partial charge in [0.2, 0.25) is 0 Å². The number of fused-ring (bicyclic) bond motifs is 10. The fourth-order valence-corrected chi connectivity index (χ4v) is 6.92. The molecule has 9 aromatic rings. The van der Waals surface area contributed by atoms with Gasteiger partial charge in [-0.15, -0.1) is 59.7 Å². The first-order chi connectivity index (χ1) is 25.2. The number of furan rings is 1. The zero-order chi connectivity index (χ0) is 34.1. The van der Waals surface area contributed by atoms with Crippen LogP contribution in [0.1, 0.15) is 5.56 Å². The summed E-state index contributed by atoms with van der Waals surface area (Å²) in [5.74, 6) is 0. The van der Waals surface area contributed by atoms with E-state index in [2.05, 4.69) is 107 Å². The minimum Gasteiger partial charge on any atom is -0.455 e. The smallest absolute Gasteiger partial charge is 0.145 e. The largest absolute Gasteiger partial charge is 0.455 e. The van der Waals surface area contributed by atoms with Gasteiger partial charge in [0.25, 0.3) is 0 Å². The van der Waals surface area contributed by atoms with Crippen molar-refractivity contribution in [2.75, 3.05) is 5.32 Å². The molecule has 6 aromatic carbocycles. The molecule has 10 rings (SSSR count). The summed E-state index contributed by atoms with van der Waals surface area (Å²) in [6.07, 6.45) is 3.61. The van der Waals surface area contributed by atoms with E-state index >= 15 is 0 Å². The Balaban J connectivity index is 0.000000253. The van der Waals surface area contributed by atoms with Crippen molar-refractivity contribution in [3.8, 4) is 55.9 Å². The standard InChI is InChI=1S/C36H23N2O.C11H8N.Ir/c1-22-28-20-25(23-9-3-2-4-10-23)21-29(22)35-33(17-15-27-26-11-5-6-13-34(26)39-36(27)35)38-32-16-14-24(19-30(28)32)31-12-7-8-18-37-31;1-2-6-10(7-3-1)11-8-4-5-9-12-11;/h2-13,15-21,38H,1H3;1-6,8-9H;/q2*-1;. The summed E-state index contributed by atoms with van der Waals surface area (Å²) in [6, 6.07) is 58.3. The quantitative estimate of drug-likeness (QED) is 0.180. The molecule has 1 aliphatic rings. The zero-order valence-corrected chi connectivity index (χ0v) is 30.6. The number of benzene rings is 6. The Kier molecular flexibility index (Phi) is 9.05. The van der Waals surface area contributed by atoms with Gasteiger partial charge >= 0.3 is 0 Å². The third-order valence-electron chi connectivity index (χ3n) is 9.43. The van der Waals surface area contributed by atoms with Gasteiger partial charge in [-0.1, -0.05) is 78.4 Å². The van der Waals surface area contributed by atoms with Crippen molar-refractivity contribution in [2.24, 2.45) is 0 Å². The molecule has 0 saturated carbocycles. The number of nitrogens with one attached hydrogen (secondary N) is 1. The third kappa shape index (κ3) is 6.11. The van der Waals surface area contributed by atoms with E-state index in [4.69, 9.17) is 4.42 Å². The van der Waals surface area contributed by atoms with E-state index < -0.39 is 0 Å². The molecule has 1 radical (unpaired) electrons. The van der Waals surface area contributed by atoms with Crippen molar-refractivity contribution in [2.45, 2.75) is 6.92 Å². The summed E-state index contributed by atoms with van der Waals surface area (Å²) in [5, 5.41) is 5.99. The van der Waals surface area contributed by atoms with Gasteiger partial charge in [-0.3, -0.25) is 0 Å². The minimum absolute atomic E-state index is 0. The Bertz CT molecular complexity index is 2620. The first kappa shape index (κ1) is 33.0. The molecular weight excluding hydrogens is 815 g/mol. The van der Waals surface area contributed by atoms with Crippen molar-refractivity contribution in [3.05, 3.63) is 182 Å². The molecule has 0 atom stereocenters. The predicted octanol–water partition coefficient (Wildman–Crippen LogP) is 12.4. The minimum atomic E-state index is 0. The van der Waals surface area contributed by atoms with Gasteiger partial charge in [-0.25, -0.2) is 0 Å². The maximum atomic E-state index is 6.55. The monoisotopic (exact) mass is 846 g/mol. The average molecular weight is 846 g/mol. The summed E-state index contributed by atoms with van der Waals surface area (Å²) >= 11 is 0. The molecule has 3 aromatic heterocycles. The molecule has 1 aliphatic heterocycles. The van der Waals surface area contributed by atoms with E-state index in [0.29, 0.717) is 0 Å². The molecule has 251 valence electrons. The van der Waals surface area contributed by atoms with Crippen LogP contribution in [-0.4, -0.2) is 9.97 Å². The molecule has 4 nitrogen and oxygen atoms in total. The Morgan fingerprint density at radius 3 is 2.02 bits per heavy atom. The molecule has 0 amide bonds. The molecule has 1 N–H and O–H groups in total. The summed E-state index contributed by atoms with van der Waals surface area (Å²) in [4.78, 5) is 8.80. The summed E-state index contributed by atoms with van der Waals surface area (Å²) < 4.78 is 6.55. The Hall–Kier alpha value is -6.13. The van der Waals surface area contributed by atoms with Crippen molar-refractivity contribution < 1.29 is 24.5 Å². The molecular formula is C47H31IrN3O-2. The number of hydrogen-bond acceptors (Lipinski definition) is 4. The van der Waals surface area contributed by atoms with Gasteiger partial charge in [-0.2, -0.15) is 0 Å². The van der Waals surface area contributed by atoms with Crippen LogP contribution in [0.4, 0.5) is 11.4 Å². The van der Waals surface area contributed by atoms with Gasteiger partial charge in [-0.05, 0) is 94.3 Å². The van der Waals surface area contributed by atoms with Gasteiger partial charge in [0.1, 0.15) is 11.2 Å². The first-order valence-corrected chi connectivity index (χ1v) is 17.0. The maximum absolute atomic E-state index is 6.55. The molecule has 0 aliphatic carbocycles. The van der Waals surface area contributed by atoms with E-state index in [1.54, 1.807) is 6.20 Å². The fourth-order valence-electron chi connectivity index (χ4n) is 6.92. The number of anilines is 2. The molecule has 0 unspecified atom stereocenters. The van der Waals surface area contributed by atoms with Crippen LogP contribution in [0, 0.1) is 19.1 Å². The van der Waals surface area contributed by atoms with Crippen LogP contribution in [0.5, 0.6) is 0 Å². The van der Waals surface area contributed by atoms with Gasteiger partial charge in [0, 0.05) is 54.5 Å². The van der Waals surface area contributed by atoms with Crippen molar-refractivity contribution >= 4 is 33.3 Å². The van der Waals surface area contributed by atoms with E-state index in [1.165, 1.54) is 22.3 Å². The number of aromatic nitrogens is 2. The molecule has 0 saturated heterocycles. The third-order valence-corrected chi connectivity index (χ3v) is 9.43. The van der Waals surface area contributed by atoms with Crippen molar-refractivity contribution in [1.82, 2.24) is 9.97 Å². The van der Waals surface area contributed by atoms with Crippen LogP contribution in [-0.2, 0) is 20.1 Å². The van der Waals surface area contributed by atoms with E-state index in [9.17, 15) is 0 Å². The Morgan fingerprint density at radius 2 is 1.27 bits per heavy atom. The summed E-state index contributed by atoms with van der Waals surface area (Å²) in [7, 11) is 0. The summed E-state index contributed by atoms with van der Waals surface area (Å²) in [5.41, 5.74) is 15.8. The van der Waals surface area contributed by atoms with Gasteiger partial charge in [0.15, 0.2) is 0 Å².